The normalized spacial score (nSPS) is 17.1. The quantitative estimate of drug-likeness (QED) is 0.915. The average Bonchev–Trinajstić information content (AvgIpc) is 2.40. The Morgan fingerprint density at radius 1 is 1.40 bits per heavy atom. The third kappa shape index (κ3) is 4.60. The Hall–Kier alpha value is -0.870. The molecule has 0 saturated carbocycles. The molecule has 1 saturated heterocycles. The number of aryl methyl sites for hydroxylation is 2. The maximum Gasteiger partial charge on any atom is 0.220 e. The van der Waals surface area contributed by atoms with Crippen molar-refractivity contribution in [3.8, 4) is 0 Å². The number of hydrogen-bond acceptors (Lipinski definition) is 2. The first-order valence-electron chi connectivity index (χ1n) is 7.27. The maximum atomic E-state index is 12.0. The number of nitrogens with one attached hydrogen (secondary N) is 1. The molecule has 0 bridgehead atoms. The van der Waals surface area contributed by atoms with Crippen LogP contribution in [0.1, 0.15) is 30.4 Å². The molecular weight excluding hydrogens is 316 g/mol. The smallest absolute Gasteiger partial charge is 0.220 e. The number of hydrogen-bond donors (Lipinski definition) is 1. The van der Waals surface area contributed by atoms with Gasteiger partial charge in [-0.15, -0.1) is 0 Å². The van der Waals surface area contributed by atoms with Gasteiger partial charge in [0.1, 0.15) is 0 Å². The second kappa shape index (κ2) is 7.23. The van der Waals surface area contributed by atoms with Crippen LogP contribution in [-0.4, -0.2) is 37.0 Å². The van der Waals surface area contributed by atoms with Crippen LogP contribution < -0.4 is 5.32 Å². The Kier molecular flexibility index (Phi) is 5.61. The molecule has 1 aromatic rings. The first-order valence-corrected chi connectivity index (χ1v) is 8.07. The van der Waals surface area contributed by atoms with Crippen molar-refractivity contribution in [1.82, 2.24) is 10.2 Å². The van der Waals surface area contributed by atoms with Gasteiger partial charge in [-0.2, -0.15) is 0 Å². The van der Waals surface area contributed by atoms with E-state index in [0.29, 0.717) is 12.5 Å². The van der Waals surface area contributed by atoms with E-state index in [1.165, 1.54) is 11.1 Å². The van der Waals surface area contributed by atoms with Crippen LogP contribution in [0.3, 0.4) is 0 Å². The fraction of sp³-hybridized carbons (Fsp3) is 0.562. The van der Waals surface area contributed by atoms with E-state index in [4.69, 9.17) is 0 Å². The van der Waals surface area contributed by atoms with E-state index in [0.717, 1.165) is 36.8 Å². The number of piperidine rings is 1. The topological polar surface area (TPSA) is 32.3 Å². The van der Waals surface area contributed by atoms with Crippen molar-refractivity contribution in [3.05, 3.63) is 33.8 Å². The number of rotatable bonds is 4. The van der Waals surface area contributed by atoms with Crippen LogP contribution >= 0.6 is 15.9 Å². The number of nitrogens with zero attached hydrogens (tertiary/aromatic N) is 1. The highest BCUT2D eigenvalue weighted by Gasteiger charge is 2.18. The van der Waals surface area contributed by atoms with Crippen molar-refractivity contribution in [2.45, 2.75) is 38.6 Å². The summed E-state index contributed by atoms with van der Waals surface area (Å²) in [5, 5.41) is 3.16. The fourth-order valence-corrected chi connectivity index (χ4v) is 3.25. The summed E-state index contributed by atoms with van der Waals surface area (Å²) in [4.78, 5) is 14.3. The molecule has 1 heterocycles. The lowest BCUT2D eigenvalue weighted by molar-refractivity contribution is -0.122. The van der Waals surface area contributed by atoms with Crippen molar-refractivity contribution in [1.29, 1.82) is 0 Å². The first kappa shape index (κ1) is 15.5. The van der Waals surface area contributed by atoms with Gasteiger partial charge in [-0.3, -0.25) is 4.79 Å². The number of benzene rings is 1. The lowest BCUT2D eigenvalue weighted by atomic mass is 10.0. The molecule has 0 unspecified atom stereocenters. The summed E-state index contributed by atoms with van der Waals surface area (Å²) < 4.78 is 1.10. The molecule has 110 valence electrons. The van der Waals surface area contributed by atoms with Crippen LogP contribution in [0.2, 0.25) is 0 Å². The Morgan fingerprint density at radius 3 is 2.75 bits per heavy atom. The summed E-state index contributed by atoms with van der Waals surface area (Å²) in [5.41, 5.74) is 2.44. The van der Waals surface area contributed by atoms with Gasteiger partial charge in [-0.25, -0.2) is 0 Å². The second-order valence-corrected chi connectivity index (χ2v) is 6.59. The lowest BCUT2D eigenvalue weighted by Crippen LogP contribution is -2.43. The molecule has 4 heteroatoms. The van der Waals surface area contributed by atoms with E-state index >= 15 is 0 Å². The van der Waals surface area contributed by atoms with E-state index in [9.17, 15) is 4.79 Å². The number of halogens is 1. The van der Waals surface area contributed by atoms with Crippen LogP contribution in [0.4, 0.5) is 0 Å². The van der Waals surface area contributed by atoms with Gasteiger partial charge in [0.15, 0.2) is 0 Å². The molecule has 1 aliphatic rings. The maximum absolute atomic E-state index is 12.0. The molecule has 0 aliphatic carbocycles. The van der Waals surface area contributed by atoms with E-state index in [2.05, 4.69) is 58.3 Å². The standard InChI is InChI=1S/C16H23BrN2O/c1-12-3-4-13(15(17)11-12)5-6-16(20)18-14-7-9-19(2)10-8-14/h3-4,11,14H,5-10H2,1-2H3,(H,18,20). The summed E-state index contributed by atoms with van der Waals surface area (Å²) in [6.45, 7) is 4.23. The summed E-state index contributed by atoms with van der Waals surface area (Å²) >= 11 is 3.57. The zero-order chi connectivity index (χ0) is 14.5. The van der Waals surface area contributed by atoms with E-state index in [1.54, 1.807) is 0 Å². The monoisotopic (exact) mass is 338 g/mol. The Labute approximate surface area is 129 Å². The van der Waals surface area contributed by atoms with Crippen molar-refractivity contribution >= 4 is 21.8 Å². The number of carbonyl (C=O) groups is 1. The van der Waals surface area contributed by atoms with Gasteiger partial charge in [0.25, 0.3) is 0 Å². The van der Waals surface area contributed by atoms with Crippen LogP contribution in [0.25, 0.3) is 0 Å². The summed E-state index contributed by atoms with van der Waals surface area (Å²) in [5.74, 6) is 0.173. The molecule has 0 atom stereocenters. The van der Waals surface area contributed by atoms with Crippen molar-refractivity contribution in [2.75, 3.05) is 20.1 Å². The Balaban J connectivity index is 1.77. The highest BCUT2D eigenvalue weighted by molar-refractivity contribution is 9.10. The molecule has 0 spiro atoms. The molecule has 1 fully saturated rings. The van der Waals surface area contributed by atoms with E-state index < -0.39 is 0 Å². The molecule has 3 nitrogen and oxygen atoms in total. The second-order valence-electron chi connectivity index (χ2n) is 5.74. The molecule has 2 rings (SSSR count). The van der Waals surface area contributed by atoms with Gasteiger partial charge >= 0.3 is 0 Å². The first-order chi connectivity index (χ1) is 9.54. The van der Waals surface area contributed by atoms with Crippen molar-refractivity contribution < 1.29 is 4.79 Å². The minimum absolute atomic E-state index is 0.173. The molecule has 1 aliphatic heterocycles. The fourth-order valence-electron chi connectivity index (χ4n) is 2.56. The highest BCUT2D eigenvalue weighted by Crippen LogP contribution is 2.19. The zero-order valence-corrected chi connectivity index (χ0v) is 13.9. The number of likely N-dealkylation sites (tertiary alicyclic amines) is 1. The van der Waals surface area contributed by atoms with E-state index in [-0.39, 0.29) is 5.91 Å². The predicted octanol–water partition coefficient (Wildman–Crippen LogP) is 2.90. The van der Waals surface area contributed by atoms with Gasteiger partial charge < -0.3 is 10.2 Å². The summed E-state index contributed by atoms with van der Waals surface area (Å²) in [6.07, 6.45) is 3.49. The largest absolute Gasteiger partial charge is 0.353 e. The third-order valence-corrected chi connectivity index (χ3v) is 4.65. The molecule has 1 aromatic carbocycles. The molecule has 20 heavy (non-hydrogen) atoms. The SMILES string of the molecule is Cc1ccc(CCC(=O)NC2CCN(C)CC2)c(Br)c1. The van der Waals surface area contributed by atoms with Gasteiger partial charge in [0, 0.05) is 16.9 Å². The Morgan fingerprint density at radius 2 is 2.10 bits per heavy atom. The number of carbonyl (C=O) groups excluding carboxylic acids is 1. The molecule has 1 N–H and O–H groups in total. The van der Waals surface area contributed by atoms with Gasteiger partial charge in [-0.1, -0.05) is 28.1 Å². The minimum Gasteiger partial charge on any atom is -0.353 e. The Bertz CT molecular complexity index is 468. The van der Waals surface area contributed by atoms with Crippen LogP contribution in [0.15, 0.2) is 22.7 Å². The molecule has 1 amide bonds. The summed E-state index contributed by atoms with van der Waals surface area (Å²) in [7, 11) is 2.13. The number of amides is 1. The van der Waals surface area contributed by atoms with Gasteiger partial charge in [0.2, 0.25) is 5.91 Å². The zero-order valence-electron chi connectivity index (χ0n) is 12.3. The minimum atomic E-state index is 0.173. The van der Waals surface area contributed by atoms with Gasteiger partial charge in [0.05, 0.1) is 0 Å². The third-order valence-electron chi connectivity index (χ3n) is 3.91. The van der Waals surface area contributed by atoms with Crippen molar-refractivity contribution in [3.63, 3.8) is 0 Å². The van der Waals surface area contributed by atoms with Crippen LogP contribution in [-0.2, 0) is 11.2 Å². The predicted molar refractivity (Wildman–Crippen MR) is 85.9 cm³/mol. The molecular formula is C16H23BrN2O. The van der Waals surface area contributed by atoms with Crippen molar-refractivity contribution in [2.24, 2.45) is 0 Å². The van der Waals surface area contributed by atoms with Crippen LogP contribution in [0, 0.1) is 6.92 Å². The lowest BCUT2D eigenvalue weighted by Gasteiger charge is -2.29. The van der Waals surface area contributed by atoms with E-state index in [1.807, 2.05) is 0 Å². The highest BCUT2D eigenvalue weighted by atomic mass is 79.9. The van der Waals surface area contributed by atoms with Gasteiger partial charge in [-0.05, 0) is 63.5 Å². The average molecular weight is 339 g/mol. The summed E-state index contributed by atoms with van der Waals surface area (Å²) in [6, 6.07) is 6.65. The molecule has 0 aromatic heterocycles. The molecule has 0 radical (unpaired) electrons. The van der Waals surface area contributed by atoms with Crippen LogP contribution in [0.5, 0.6) is 0 Å².